The van der Waals surface area contributed by atoms with Crippen molar-refractivity contribution in [2.24, 2.45) is 5.90 Å². The number of hydrogen-bond donors (Lipinski definition) is 6. The lowest BCUT2D eigenvalue weighted by molar-refractivity contribution is -0.145. The highest BCUT2D eigenvalue weighted by Gasteiger charge is 2.27. The molecule has 0 aliphatic carbocycles. The Bertz CT molecular complexity index is 754. The molecule has 0 aromatic rings. The Morgan fingerprint density at radius 1 is 0.711 bits per heavy atom. The molecule has 0 aromatic carbocycles. The highest BCUT2D eigenvalue weighted by Crippen LogP contribution is 2.11. The summed E-state index contributed by atoms with van der Waals surface area (Å²) in [6, 6.07) is -0.900. The Balaban J connectivity index is 2.97. The smallest absolute Gasteiger partial charge is 0.320 e. The van der Waals surface area contributed by atoms with E-state index in [1.54, 1.807) is 19.6 Å². The number of unbranched alkanes of at least 4 members (excludes halogenated alkanes) is 1. The van der Waals surface area contributed by atoms with Crippen molar-refractivity contribution in [1.29, 1.82) is 0 Å². The molecule has 1 fully saturated rings. The van der Waals surface area contributed by atoms with Crippen LogP contribution in [0, 0.1) is 0 Å². The van der Waals surface area contributed by atoms with E-state index in [9.17, 15) is 44.4 Å². The average molecular weight is 549 g/mol. The van der Waals surface area contributed by atoms with Crippen molar-refractivity contribution in [1.82, 2.24) is 24.9 Å². The normalized spacial score (nSPS) is 18.1. The maximum absolute atomic E-state index is 12.2. The van der Waals surface area contributed by atoms with Crippen LogP contribution in [-0.4, -0.2) is 161 Å². The first-order valence-corrected chi connectivity index (χ1v) is 12.4. The molecule has 0 saturated carbocycles. The molecule has 1 rings (SSSR count). The molecule has 0 aromatic heterocycles. The van der Waals surface area contributed by atoms with Crippen molar-refractivity contribution >= 4 is 29.8 Å². The number of hydrogen-bond acceptors (Lipinski definition) is 11. The van der Waals surface area contributed by atoms with Crippen molar-refractivity contribution in [3.05, 3.63) is 0 Å². The van der Waals surface area contributed by atoms with Gasteiger partial charge in [-0.05, 0) is 19.3 Å². The van der Waals surface area contributed by atoms with E-state index in [4.69, 9.17) is 5.90 Å². The van der Waals surface area contributed by atoms with Gasteiger partial charge in [-0.1, -0.05) is 0 Å². The maximum Gasteiger partial charge on any atom is 0.320 e. The maximum atomic E-state index is 12.2. The van der Waals surface area contributed by atoms with Crippen LogP contribution in [0.5, 0.6) is 0 Å². The molecule has 0 radical (unpaired) electrons. The molecule has 16 nitrogen and oxygen atoms in total. The summed E-state index contributed by atoms with van der Waals surface area (Å²) in [5.41, 5.74) is 0. The van der Waals surface area contributed by atoms with Gasteiger partial charge in [-0.25, -0.2) is 5.90 Å². The number of amides is 1. The molecule has 1 saturated heterocycles. The van der Waals surface area contributed by atoms with E-state index < -0.39 is 29.9 Å². The van der Waals surface area contributed by atoms with Gasteiger partial charge in [0.2, 0.25) is 5.91 Å². The van der Waals surface area contributed by atoms with Crippen LogP contribution < -0.4 is 11.2 Å². The van der Waals surface area contributed by atoms with Gasteiger partial charge in [0.05, 0.1) is 19.6 Å². The number of rotatable bonds is 15. The zero-order chi connectivity index (χ0) is 28.5. The van der Waals surface area contributed by atoms with Gasteiger partial charge in [-0.2, -0.15) is 0 Å². The molecule has 1 aliphatic rings. The molecular formula is C22H40N6O10. The van der Waals surface area contributed by atoms with Gasteiger partial charge in [0.25, 0.3) is 0 Å². The van der Waals surface area contributed by atoms with Gasteiger partial charge in [-0.15, -0.1) is 0 Å². The van der Waals surface area contributed by atoms with Crippen molar-refractivity contribution in [2.45, 2.75) is 25.3 Å². The molecule has 1 amide bonds. The first kappa shape index (κ1) is 33.1. The number of carboxylic acid groups (broad SMARTS) is 4. The predicted molar refractivity (Wildman–Crippen MR) is 132 cm³/mol. The summed E-state index contributed by atoms with van der Waals surface area (Å²) < 4.78 is 0. The summed E-state index contributed by atoms with van der Waals surface area (Å²) in [5, 5.41) is 40.4. The lowest BCUT2D eigenvalue weighted by Gasteiger charge is -2.35. The summed E-state index contributed by atoms with van der Waals surface area (Å²) in [5.74, 6) is 0.245. The fourth-order valence-electron chi connectivity index (χ4n) is 4.19. The number of carboxylic acids is 4. The molecule has 7 N–H and O–H groups in total. The van der Waals surface area contributed by atoms with Crippen LogP contribution in [0.3, 0.4) is 0 Å². The second-order valence-electron chi connectivity index (χ2n) is 9.06. The third-order valence-electron chi connectivity index (χ3n) is 6.12. The topological polar surface area (TPSA) is 227 Å². The monoisotopic (exact) mass is 548 g/mol. The molecule has 1 aliphatic heterocycles. The summed E-state index contributed by atoms with van der Waals surface area (Å²) >= 11 is 0. The van der Waals surface area contributed by atoms with E-state index in [1.807, 2.05) is 0 Å². The summed E-state index contributed by atoms with van der Waals surface area (Å²) in [6.45, 7) is 1.08. The van der Waals surface area contributed by atoms with E-state index in [0.717, 1.165) is 0 Å². The minimum Gasteiger partial charge on any atom is -0.480 e. The van der Waals surface area contributed by atoms with Crippen molar-refractivity contribution in [2.75, 3.05) is 85.1 Å². The molecule has 1 atom stereocenters. The fourth-order valence-corrected chi connectivity index (χ4v) is 4.19. The van der Waals surface area contributed by atoms with Crippen molar-refractivity contribution < 1.29 is 49.2 Å². The number of nitrogens with two attached hydrogens (primary N) is 1. The second kappa shape index (κ2) is 18.4. The number of carbonyl (C=O) groups excluding carboxylic acids is 1. The van der Waals surface area contributed by atoms with Crippen LogP contribution in [0.15, 0.2) is 0 Å². The Labute approximate surface area is 220 Å². The Morgan fingerprint density at radius 2 is 1.13 bits per heavy atom. The third kappa shape index (κ3) is 14.7. The highest BCUT2D eigenvalue weighted by atomic mass is 16.6. The molecule has 0 spiro atoms. The fraction of sp³-hybridized carbons (Fsp3) is 0.773. The standard InChI is InChI=1S/C22H40N6O10/c23-38-16-18(29)24-4-2-1-3-17(22(36)37)28-11-9-26(14-20(32)33)7-5-25(13-19(30)31)6-8-27(10-12-28)15-21(34)35/h17H,1-16,23H2,(H,24,29)(H,30,31)(H,32,33)(H,34,35)(H,36,37). The number of nitrogens with zero attached hydrogens (tertiary/aromatic N) is 4. The van der Waals surface area contributed by atoms with Gasteiger partial charge in [0.15, 0.2) is 0 Å². The van der Waals surface area contributed by atoms with Crippen molar-refractivity contribution in [3.8, 4) is 0 Å². The first-order chi connectivity index (χ1) is 18.0. The van der Waals surface area contributed by atoms with Gasteiger partial charge in [0.1, 0.15) is 12.6 Å². The minimum atomic E-state index is -1.06. The van der Waals surface area contributed by atoms with E-state index in [2.05, 4.69) is 10.2 Å². The van der Waals surface area contributed by atoms with E-state index >= 15 is 0 Å². The molecule has 1 unspecified atom stereocenters. The van der Waals surface area contributed by atoms with Gasteiger partial charge >= 0.3 is 23.9 Å². The zero-order valence-corrected chi connectivity index (χ0v) is 21.5. The van der Waals surface area contributed by atoms with Crippen LogP contribution in [-0.2, 0) is 28.8 Å². The lowest BCUT2D eigenvalue weighted by atomic mass is 10.1. The van der Waals surface area contributed by atoms with Crippen molar-refractivity contribution in [3.63, 3.8) is 0 Å². The molecule has 218 valence electrons. The van der Waals surface area contributed by atoms with Crippen LogP contribution in [0.1, 0.15) is 19.3 Å². The Hall–Kier alpha value is -2.89. The first-order valence-electron chi connectivity index (χ1n) is 12.4. The molecule has 16 heteroatoms. The second-order valence-corrected chi connectivity index (χ2v) is 9.06. The predicted octanol–water partition coefficient (Wildman–Crippen LogP) is -2.91. The summed E-state index contributed by atoms with van der Waals surface area (Å²) in [7, 11) is 0. The van der Waals surface area contributed by atoms with E-state index in [1.165, 1.54) is 0 Å². The van der Waals surface area contributed by atoms with Gasteiger partial charge in [-0.3, -0.25) is 48.4 Å². The average Bonchev–Trinajstić information content (AvgIpc) is 2.81. The van der Waals surface area contributed by atoms with Gasteiger partial charge < -0.3 is 25.7 Å². The SMILES string of the molecule is NOCC(=O)NCCCCC(C(=O)O)N1CCN(CC(=O)O)CCN(CC(=O)O)CCN(CC(=O)O)CC1. The van der Waals surface area contributed by atoms with E-state index in [-0.39, 0.29) is 90.9 Å². The van der Waals surface area contributed by atoms with Crippen LogP contribution in [0.4, 0.5) is 0 Å². The molecule has 38 heavy (non-hydrogen) atoms. The van der Waals surface area contributed by atoms with Crippen LogP contribution >= 0.6 is 0 Å². The lowest BCUT2D eigenvalue weighted by Crippen LogP contribution is -2.51. The highest BCUT2D eigenvalue weighted by molar-refractivity contribution is 5.77. The minimum absolute atomic E-state index is 0.217. The Kier molecular flexibility index (Phi) is 16.0. The molecule has 0 bridgehead atoms. The summed E-state index contributed by atoms with van der Waals surface area (Å²) in [4.78, 5) is 68.5. The molecule has 1 heterocycles. The molecular weight excluding hydrogens is 508 g/mol. The summed E-state index contributed by atoms with van der Waals surface area (Å²) in [6.07, 6.45) is 1.27. The number of aliphatic carboxylic acids is 4. The largest absolute Gasteiger partial charge is 0.480 e. The zero-order valence-electron chi connectivity index (χ0n) is 21.5. The Morgan fingerprint density at radius 3 is 1.50 bits per heavy atom. The van der Waals surface area contributed by atoms with E-state index in [0.29, 0.717) is 19.4 Å². The number of nitrogens with one attached hydrogen (secondary N) is 1. The van der Waals surface area contributed by atoms with Gasteiger partial charge in [0, 0.05) is 58.9 Å². The van der Waals surface area contributed by atoms with Crippen LogP contribution in [0.2, 0.25) is 0 Å². The number of carbonyl (C=O) groups is 5. The quantitative estimate of drug-likeness (QED) is 0.0890. The van der Waals surface area contributed by atoms with Crippen LogP contribution in [0.25, 0.3) is 0 Å². The third-order valence-corrected chi connectivity index (χ3v) is 6.12.